The third kappa shape index (κ3) is 8.66. The molecule has 1 aromatic carbocycles. The number of nitriles is 1. The van der Waals surface area contributed by atoms with Gasteiger partial charge in [0.1, 0.15) is 23.3 Å². The molecular weight excluding hydrogens is 424 g/mol. The van der Waals surface area contributed by atoms with Crippen LogP contribution in [0.1, 0.15) is 146 Å². The SMILES string of the molecule is CCCCCCCCCC[C@H]1CC[C@H](CCC2CCC(c3cc(F)c(C#N)c(F)c3)CC2)CC1. The Morgan fingerprint density at radius 3 is 1.62 bits per heavy atom. The zero-order valence-electron chi connectivity index (χ0n) is 21.6. The van der Waals surface area contributed by atoms with E-state index in [0.29, 0.717) is 0 Å². The van der Waals surface area contributed by atoms with Crippen LogP contribution in [0.15, 0.2) is 12.1 Å². The molecule has 34 heavy (non-hydrogen) atoms. The van der Waals surface area contributed by atoms with Crippen LogP contribution >= 0.6 is 0 Å². The van der Waals surface area contributed by atoms with Crippen LogP contribution in [0.3, 0.4) is 0 Å². The van der Waals surface area contributed by atoms with Gasteiger partial charge in [-0.3, -0.25) is 0 Å². The summed E-state index contributed by atoms with van der Waals surface area (Å²) in [4.78, 5) is 0. The molecule has 0 bridgehead atoms. The first-order chi connectivity index (χ1) is 16.6. The first kappa shape index (κ1) is 27.2. The van der Waals surface area contributed by atoms with Crippen molar-refractivity contribution in [2.45, 2.75) is 135 Å². The van der Waals surface area contributed by atoms with Gasteiger partial charge in [-0.25, -0.2) is 8.78 Å². The lowest BCUT2D eigenvalue weighted by Gasteiger charge is -2.32. The molecule has 0 amide bonds. The zero-order valence-corrected chi connectivity index (χ0v) is 21.6. The fourth-order valence-electron chi connectivity index (χ4n) is 6.57. The number of rotatable bonds is 13. The second kappa shape index (κ2) is 14.9. The maximum absolute atomic E-state index is 14.0. The molecular formula is C31H47F2N. The van der Waals surface area contributed by atoms with Crippen molar-refractivity contribution < 1.29 is 8.78 Å². The molecule has 3 rings (SSSR count). The summed E-state index contributed by atoms with van der Waals surface area (Å²) in [5.74, 6) is 1.50. The molecule has 2 aliphatic carbocycles. The lowest BCUT2D eigenvalue weighted by Crippen LogP contribution is -2.18. The van der Waals surface area contributed by atoms with Gasteiger partial charge >= 0.3 is 0 Å². The van der Waals surface area contributed by atoms with E-state index in [1.54, 1.807) is 6.07 Å². The standard InChI is InChI=1S/C31H47F2N/c1-2-3-4-5-6-7-8-9-10-24-11-13-25(14-12-24)15-16-26-17-19-27(20-18-26)28-21-30(32)29(23-34)31(33)22-28/h21-22,24-27H,2-20H2,1H3/t24-,25-,26?,27?. The molecule has 1 nitrogen and oxygen atoms in total. The lowest BCUT2D eigenvalue weighted by molar-refractivity contribution is 0.222. The number of halogens is 2. The average molecular weight is 472 g/mol. The number of benzene rings is 1. The van der Waals surface area contributed by atoms with Gasteiger partial charge < -0.3 is 0 Å². The van der Waals surface area contributed by atoms with Gasteiger partial charge in [0.05, 0.1) is 0 Å². The maximum Gasteiger partial charge on any atom is 0.144 e. The highest BCUT2D eigenvalue weighted by atomic mass is 19.1. The molecule has 2 aliphatic rings. The summed E-state index contributed by atoms with van der Waals surface area (Å²) in [7, 11) is 0. The molecule has 0 aromatic heterocycles. The quantitative estimate of drug-likeness (QED) is 0.262. The van der Waals surface area contributed by atoms with Crippen molar-refractivity contribution in [2.75, 3.05) is 0 Å². The van der Waals surface area contributed by atoms with Gasteiger partial charge in [-0.1, -0.05) is 103 Å². The van der Waals surface area contributed by atoms with Crippen LogP contribution in [0.4, 0.5) is 8.78 Å². The van der Waals surface area contributed by atoms with Crippen LogP contribution in [-0.2, 0) is 0 Å². The smallest absolute Gasteiger partial charge is 0.144 e. The van der Waals surface area contributed by atoms with E-state index in [9.17, 15) is 8.78 Å². The summed E-state index contributed by atoms with van der Waals surface area (Å²) in [5.41, 5.74) is 0.284. The van der Waals surface area contributed by atoms with E-state index >= 15 is 0 Å². The lowest BCUT2D eigenvalue weighted by atomic mass is 9.74. The predicted octanol–water partition coefficient (Wildman–Crippen LogP) is 10.2. The topological polar surface area (TPSA) is 23.8 Å². The van der Waals surface area contributed by atoms with Crippen molar-refractivity contribution in [3.8, 4) is 6.07 Å². The normalized spacial score (nSPS) is 25.2. The molecule has 0 saturated heterocycles. The van der Waals surface area contributed by atoms with Gasteiger partial charge in [0.15, 0.2) is 0 Å². The van der Waals surface area contributed by atoms with Crippen molar-refractivity contribution in [3.63, 3.8) is 0 Å². The second-order valence-electron chi connectivity index (χ2n) is 11.4. The van der Waals surface area contributed by atoms with Crippen molar-refractivity contribution in [3.05, 3.63) is 34.9 Å². The Balaban J connectivity index is 1.25. The Labute approximate surface area is 207 Å². The Kier molecular flexibility index (Phi) is 11.9. The van der Waals surface area contributed by atoms with Crippen molar-refractivity contribution in [2.24, 2.45) is 17.8 Å². The Morgan fingerprint density at radius 1 is 0.676 bits per heavy atom. The molecule has 1 aromatic rings. The molecule has 0 atom stereocenters. The van der Waals surface area contributed by atoms with E-state index in [2.05, 4.69) is 6.92 Å². The fourth-order valence-corrected chi connectivity index (χ4v) is 6.57. The minimum absolute atomic E-state index is 0.236. The molecule has 2 saturated carbocycles. The summed E-state index contributed by atoms with van der Waals surface area (Å²) in [6.45, 7) is 2.29. The van der Waals surface area contributed by atoms with Crippen LogP contribution in [-0.4, -0.2) is 0 Å². The van der Waals surface area contributed by atoms with Crippen LogP contribution in [0.2, 0.25) is 0 Å². The largest absolute Gasteiger partial charge is 0.205 e. The van der Waals surface area contributed by atoms with Gasteiger partial charge in [-0.05, 0) is 67.1 Å². The third-order valence-electron chi connectivity index (χ3n) is 8.91. The van der Waals surface area contributed by atoms with E-state index in [1.165, 1.54) is 121 Å². The van der Waals surface area contributed by atoms with E-state index in [-0.39, 0.29) is 5.92 Å². The Morgan fingerprint density at radius 2 is 1.12 bits per heavy atom. The monoisotopic (exact) mass is 471 g/mol. The summed E-state index contributed by atoms with van der Waals surface area (Å²) >= 11 is 0. The number of hydrogen-bond donors (Lipinski definition) is 0. The third-order valence-corrected chi connectivity index (χ3v) is 8.91. The summed E-state index contributed by atoms with van der Waals surface area (Å²) in [6.07, 6.45) is 25.7. The van der Waals surface area contributed by atoms with Gasteiger partial charge in [0.2, 0.25) is 0 Å². The number of hydrogen-bond acceptors (Lipinski definition) is 1. The first-order valence-corrected chi connectivity index (χ1v) is 14.5. The number of nitrogens with zero attached hydrogens (tertiary/aromatic N) is 1. The van der Waals surface area contributed by atoms with E-state index in [1.807, 2.05) is 0 Å². The van der Waals surface area contributed by atoms with Gasteiger partial charge in [-0.2, -0.15) is 5.26 Å². The molecule has 2 fully saturated rings. The molecule has 0 spiro atoms. The summed E-state index contributed by atoms with van der Waals surface area (Å²) in [5, 5.41) is 8.87. The van der Waals surface area contributed by atoms with Gasteiger partial charge in [0, 0.05) is 0 Å². The van der Waals surface area contributed by atoms with E-state index in [4.69, 9.17) is 5.26 Å². The molecule has 0 unspecified atom stereocenters. The number of unbranched alkanes of at least 4 members (excludes halogenated alkanes) is 7. The highest BCUT2D eigenvalue weighted by molar-refractivity contribution is 5.36. The molecule has 0 N–H and O–H groups in total. The van der Waals surface area contributed by atoms with Crippen molar-refractivity contribution in [1.82, 2.24) is 0 Å². The van der Waals surface area contributed by atoms with Crippen LogP contribution in [0.25, 0.3) is 0 Å². The Bertz CT molecular complexity index is 728. The molecule has 0 aliphatic heterocycles. The second-order valence-corrected chi connectivity index (χ2v) is 11.4. The molecule has 0 radical (unpaired) electrons. The minimum atomic E-state index is -0.711. The van der Waals surface area contributed by atoms with Crippen LogP contribution < -0.4 is 0 Å². The Hall–Kier alpha value is -1.43. The minimum Gasteiger partial charge on any atom is -0.205 e. The van der Waals surface area contributed by atoms with Gasteiger partial charge in [0.25, 0.3) is 0 Å². The molecule has 3 heteroatoms. The summed E-state index contributed by atoms with van der Waals surface area (Å²) < 4.78 is 28.0. The predicted molar refractivity (Wildman–Crippen MR) is 138 cm³/mol. The van der Waals surface area contributed by atoms with Crippen molar-refractivity contribution in [1.29, 1.82) is 5.26 Å². The molecule has 0 heterocycles. The molecule has 190 valence electrons. The van der Waals surface area contributed by atoms with E-state index in [0.717, 1.165) is 36.2 Å². The maximum atomic E-state index is 14.0. The van der Waals surface area contributed by atoms with Crippen LogP contribution in [0, 0.1) is 40.7 Å². The van der Waals surface area contributed by atoms with Crippen LogP contribution in [0.5, 0.6) is 0 Å². The first-order valence-electron chi connectivity index (χ1n) is 14.5. The summed E-state index contributed by atoms with van der Waals surface area (Å²) in [6, 6.07) is 4.40. The average Bonchev–Trinajstić information content (AvgIpc) is 2.85. The van der Waals surface area contributed by atoms with E-state index < -0.39 is 17.2 Å². The van der Waals surface area contributed by atoms with Crippen molar-refractivity contribution >= 4 is 0 Å². The highest BCUT2D eigenvalue weighted by Crippen LogP contribution is 2.40. The van der Waals surface area contributed by atoms with Gasteiger partial charge in [-0.15, -0.1) is 0 Å². The zero-order chi connectivity index (χ0) is 24.2. The fraction of sp³-hybridized carbons (Fsp3) is 0.774. The highest BCUT2D eigenvalue weighted by Gasteiger charge is 2.26.